The van der Waals surface area contributed by atoms with Crippen molar-refractivity contribution in [2.75, 3.05) is 12.4 Å². The van der Waals surface area contributed by atoms with Gasteiger partial charge in [0.1, 0.15) is 0 Å². The van der Waals surface area contributed by atoms with Gasteiger partial charge in [0.15, 0.2) is 0 Å². The van der Waals surface area contributed by atoms with Gasteiger partial charge in [-0.25, -0.2) is 4.79 Å². The Morgan fingerprint density at radius 1 is 1.29 bits per heavy atom. The monoisotopic (exact) mass is 253 g/mol. The minimum absolute atomic E-state index is 0.275. The fourth-order valence-corrected chi connectivity index (χ4v) is 1.80. The fraction of sp³-hybridized carbons (Fsp3) is 0.333. The summed E-state index contributed by atoms with van der Waals surface area (Å²) in [5, 5.41) is 5.68. The molecule has 0 aromatic heterocycles. The Labute approximate surface area is 105 Å². The van der Waals surface area contributed by atoms with Gasteiger partial charge in [-0.2, -0.15) is 0 Å². The van der Waals surface area contributed by atoms with Crippen LogP contribution in [0.3, 0.4) is 0 Å². The van der Waals surface area contributed by atoms with Gasteiger partial charge in [-0.3, -0.25) is 11.1 Å². The molecule has 0 heterocycles. The van der Waals surface area contributed by atoms with Crippen molar-refractivity contribution in [1.82, 2.24) is 0 Å². The zero-order chi connectivity index (χ0) is 12.5. The lowest BCUT2D eigenvalue weighted by Gasteiger charge is -2.03. The molecule has 0 bridgehead atoms. The Kier molecular flexibility index (Phi) is 6.17. The number of amidine groups is 1. The minimum Gasteiger partial charge on any atom is -0.462 e. The second-order valence-corrected chi connectivity index (χ2v) is 4.63. The molecule has 1 aromatic rings. The number of rotatable bonds is 6. The SMILES string of the molecule is NC(=[NH2+])SCCCCOC(=O)c1ccccc1. The van der Waals surface area contributed by atoms with Crippen molar-refractivity contribution in [3.05, 3.63) is 35.9 Å². The Morgan fingerprint density at radius 3 is 2.65 bits per heavy atom. The van der Waals surface area contributed by atoms with Gasteiger partial charge in [0, 0.05) is 5.75 Å². The molecular weight excluding hydrogens is 236 g/mol. The number of unbranched alkanes of at least 4 members (excludes halogenated alkanes) is 1. The maximum absolute atomic E-state index is 11.5. The molecule has 0 aliphatic heterocycles. The molecule has 0 aliphatic rings. The highest BCUT2D eigenvalue weighted by atomic mass is 32.2. The highest BCUT2D eigenvalue weighted by Crippen LogP contribution is 2.04. The zero-order valence-electron chi connectivity index (χ0n) is 9.59. The van der Waals surface area contributed by atoms with Crippen LogP contribution in [-0.4, -0.2) is 23.5 Å². The van der Waals surface area contributed by atoms with Crippen LogP contribution in [0.2, 0.25) is 0 Å². The van der Waals surface area contributed by atoms with Crippen LogP contribution in [0.5, 0.6) is 0 Å². The van der Waals surface area contributed by atoms with Crippen LogP contribution in [0, 0.1) is 0 Å². The van der Waals surface area contributed by atoms with Crippen LogP contribution in [0.1, 0.15) is 23.2 Å². The molecule has 1 aromatic carbocycles. The minimum atomic E-state index is -0.275. The first-order chi connectivity index (χ1) is 8.20. The van der Waals surface area contributed by atoms with E-state index in [9.17, 15) is 4.79 Å². The molecule has 0 spiro atoms. The van der Waals surface area contributed by atoms with Gasteiger partial charge in [0.25, 0.3) is 5.17 Å². The number of esters is 1. The highest BCUT2D eigenvalue weighted by molar-refractivity contribution is 8.13. The standard InChI is InChI=1S/C12H16N2O2S/c13-12(14)17-9-5-4-8-16-11(15)10-6-2-1-3-7-10/h1-3,6-7H,4-5,8-9H2,(H3,13,14)/p+1. The van der Waals surface area contributed by atoms with Crippen LogP contribution in [0.15, 0.2) is 30.3 Å². The molecule has 0 saturated carbocycles. The van der Waals surface area contributed by atoms with Gasteiger partial charge in [-0.15, -0.1) is 0 Å². The summed E-state index contributed by atoms with van der Waals surface area (Å²) in [6.07, 6.45) is 1.74. The molecule has 92 valence electrons. The van der Waals surface area contributed by atoms with Crippen molar-refractivity contribution >= 4 is 22.9 Å². The summed E-state index contributed by atoms with van der Waals surface area (Å²) in [4.78, 5) is 11.5. The normalized spacial score (nSPS) is 9.88. The van der Waals surface area contributed by atoms with Gasteiger partial charge in [0.2, 0.25) is 0 Å². The molecule has 4 N–H and O–H groups in total. The van der Waals surface area contributed by atoms with Crippen LogP contribution < -0.4 is 11.1 Å². The molecule has 0 saturated heterocycles. The molecule has 5 heteroatoms. The van der Waals surface area contributed by atoms with E-state index < -0.39 is 0 Å². The van der Waals surface area contributed by atoms with Gasteiger partial charge in [-0.05, 0) is 36.7 Å². The zero-order valence-corrected chi connectivity index (χ0v) is 10.4. The van der Waals surface area contributed by atoms with E-state index >= 15 is 0 Å². The van der Waals surface area contributed by atoms with Crippen molar-refractivity contribution in [2.24, 2.45) is 5.73 Å². The lowest BCUT2D eigenvalue weighted by Crippen LogP contribution is -2.43. The van der Waals surface area contributed by atoms with Gasteiger partial charge < -0.3 is 4.74 Å². The number of ether oxygens (including phenoxy) is 1. The Balaban J connectivity index is 2.11. The summed E-state index contributed by atoms with van der Waals surface area (Å²) in [5.41, 5.74) is 5.89. The largest absolute Gasteiger partial charge is 0.462 e. The van der Waals surface area contributed by atoms with Gasteiger partial charge in [0.05, 0.1) is 12.2 Å². The number of hydrogen-bond donors (Lipinski definition) is 2. The maximum atomic E-state index is 11.5. The van der Waals surface area contributed by atoms with Crippen LogP contribution in [-0.2, 0) is 4.74 Å². The second kappa shape index (κ2) is 7.73. The summed E-state index contributed by atoms with van der Waals surface area (Å²) in [5.74, 6) is 0.578. The lowest BCUT2D eigenvalue weighted by atomic mass is 10.2. The van der Waals surface area contributed by atoms with Crippen molar-refractivity contribution in [1.29, 1.82) is 0 Å². The predicted octanol–water partition coefficient (Wildman–Crippen LogP) is 0.431. The molecule has 0 aliphatic carbocycles. The van der Waals surface area contributed by atoms with E-state index in [1.54, 1.807) is 12.1 Å². The van der Waals surface area contributed by atoms with Crippen molar-refractivity contribution < 1.29 is 14.9 Å². The molecule has 0 atom stereocenters. The van der Waals surface area contributed by atoms with Gasteiger partial charge in [-0.1, -0.05) is 18.2 Å². The lowest BCUT2D eigenvalue weighted by molar-refractivity contribution is -0.110. The maximum Gasteiger partial charge on any atom is 0.338 e. The van der Waals surface area contributed by atoms with E-state index in [1.807, 2.05) is 18.2 Å². The number of thioether (sulfide) groups is 1. The first kappa shape index (κ1) is 13.6. The Morgan fingerprint density at radius 2 is 2.00 bits per heavy atom. The van der Waals surface area contributed by atoms with Crippen LogP contribution in [0.25, 0.3) is 0 Å². The molecule has 17 heavy (non-hydrogen) atoms. The molecule has 1 rings (SSSR count). The van der Waals surface area contributed by atoms with E-state index in [0.29, 0.717) is 17.3 Å². The topological polar surface area (TPSA) is 77.9 Å². The quantitative estimate of drug-likeness (QED) is 0.333. The molecule has 0 radical (unpaired) electrons. The first-order valence-electron chi connectivity index (χ1n) is 5.43. The number of carbonyl (C=O) groups is 1. The fourth-order valence-electron chi connectivity index (χ4n) is 1.22. The van der Waals surface area contributed by atoms with E-state index in [1.165, 1.54) is 11.8 Å². The van der Waals surface area contributed by atoms with Crippen LogP contribution in [0.4, 0.5) is 0 Å². The average molecular weight is 253 g/mol. The van der Waals surface area contributed by atoms with E-state index in [-0.39, 0.29) is 5.97 Å². The van der Waals surface area contributed by atoms with Crippen molar-refractivity contribution in [3.63, 3.8) is 0 Å². The predicted molar refractivity (Wildman–Crippen MR) is 69.5 cm³/mol. The first-order valence-corrected chi connectivity index (χ1v) is 6.41. The van der Waals surface area contributed by atoms with Gasteiger partial charge >= 0.3 is 5.97 Å². The molecule has 4 nitrogen and oxygen atoms in total. The van der Waals surface area contributed by atoms with Crippen LogP contribution >= 0.6 is 11.8 Å². The number of carbonyl (C=O) groups excluding carboxylic acids is 1. The summed E-state index contributed by atoms with van der Waals surface area (Å²) < 4.78 is 5.12. The van der Waals surface area contributed by atoms with E-state index in [4.69, 9.17) is 15.9 Å². The third-order valence-corrected chi connectivity index (χ3v) is 2.88. The summed E-state index contributed by atoms with van der Waals surface area (Å²) in [6, 6.07) is 8.96. The Hall–Kier alpha value is -1.49. The van der Waals surface area contributed by atoms with Crippen molar-refractivity contribution in [3.8, 4) is 0 Å². The summed E-state index contributed by atoms with van der Waals surface area (Å²) in [6.45, 7) is 0.429. The molecule has 0 unspecified atom stereocenters. The third-order valence-electron chi connectivity index (χ3n) is 2.05. The Bertz CT molecular complexity index is 368. The van der Waals surface area contributed by atoms with E-state index in [2.05, 4.69) is 0 Å². The molecular formula is C12H17N2O2S+. The third kappa shape index (κ3) is 5.97. The number of hydrogen-bond acceptors (Lipinski definition) is 3. The van der Waals surface area contributed by atoms with Crippen molar-refractivity contribution in [2.45, 2.75) is 12.8 Å². The highest BCUT2D eigenvalue weighted by Gasteiger charge is 2.05. The number of nitrogens with two attached hydrogens (primary N) is 2. The molecule has 0 fully saturated rings. The van der Waals surface area contributed by atoms with E-state index in [0.717, 1.165) is 18.6 Å². The average Bonchev–Trinajstić information content (AvgIpc) is 2.34. The number of benzene rings is 1. The smallest absolute Gasteiger partial charge is 0.338 e. The summed E-state index contributed by atoms with van der Waals surface area (Å²) in [7, 11) is 0. The second-order valence-electron chi connectivity index (χ2n) is 3.46. The molecule has 0 amide bonds. The summed E-state index contributed by atoms with van der Waals surface area (Å²) >= 11 is 1.42.